The zero-order chi connectivity index (χ0) is 13.5. The van der Waals surface area contributed by atoms with E-state index in [9.17, 15) is 13.6 Å². The van der Waals surface area contributed by atoms with Crippen molar-refractivity contribution in [1.82, 2.24) is 9.97 Å². The van der Waals surface area contributed by atoms with Gasteiger partial charge in [0.05, 0.1) is 12.4 Å². The molecule has 0 aromatic carbocycles. The molecule has 0 bridgehead atoms. The second-order valence-electron chi connectivity index (χ2n) is 2.90. The highest BCUT2D eigenvalue weighted by molar-refractivity contribution is 5.84. The van der Waals surface area contributed by atoms with Crippen molar-refractivity contribution in [2.75, 3.05) is 6.61 Å². The average molecular weight is 248 g/mol. The summed E-state index contributed by atoms with van der Waals surface area (Å²) in [5.74, 6) is -4.34. The van der Waals surface area contributed by atoms with Gasteiger partial charge in [0.15, 0.2) is 12.3 Å². The second-order valence-corrected chi connectivity index (χ2v) is 2.90. The molecule has 0 aliphatic heterocycles. The van der Waals surface area contributed by atoms with E-state index in [1.165, 1.54) is 0 Å². The van der Waals surface area contributed by atoms with E-state index in [-0.39, 0.29) is 11.6 Å². The molecule has 1 aromatic heterocycles. The third-order valence-electron chi connectivity index (χ3n) is 1.32. The van der Waals surface area contributed by atoms with Gasteiger partial charge in [0.25, 0.3) is 5.92 Å². The van der Waals surface area contributed by atoms with Crippen molar-refractivity contribution in [2.45, 2.75) is 26.7 Å². The van der Waals surface area contributed by atoms with E-state index in [1.807, 2.05) is 13.8 Å². The van der Waals surface area contributed by atoms with Crippen LogP contribution in [0, 0.1) is 0 Å². The van der Waals surface area contributed by atoms with Crippen LogP contribution in [0.4, 0.5) is 8.78 Å². The van der Waals surface area contributed by atoms with Crippen LogP contribution < -0.4 is 4.74 Å². The van der Waals surface area contributed by atoms with Gasteiger partial charge in [0, 0.05) is 6.92 Å². The summed E-state index contributed by atoms with van der Waals surface area (Å²) in [6.07, 6.45) is 1.92. The van der Waals surface area contributed by atoms with Gasteiger partial charge in [-0.1, -0.05) is 13.8 Å². The minimum absolute atomic E-state index is 0.137. The molecule has 17 heavy (non-hydrogen) atoms. The van der Waals surface area contributed by atoms with Gasteiger partial charge in [0.2, 0.25) is 5.88 Å². The van der Waals surface area contributed by atoms with E-state index < -0.39 is 18.5 Å². The van der Waals surface area contributed by atoms with Gasteiger partial charge >= 0.3 is 5.97 Å². The predicted octanol–water partition coefficient (Wildman–Crippen LogP) is 2.24. The van der Waals surface area contributed by atoms with Crippen molar-refractivity contribution in [3.05, 3.63) is 18.1 Å². The fourth-order valence-electron chi connectivity index (χ4n) is 0.702. The van der Waals surface area contributed by atoms with Crippen molar-refractivity contribution in [3.63, 3.8) is 0 Å². The first-order chi connectivity index (χ1) is 7.88. The molecular weight excluding hydrogens is 234 g/mol. The molecule has 5 nitrogen and oxygen atoms in total. The Kier molecular flexibility index (Phi) is 6.01. The molecule has 7 heteroatoms. The quantitative estimate of drug-likeness (QED) is 0.884. The third kappa shape index (κ3) is 6.39. The van der Waals surface area contributed by atoms with Gasteiger partial charge in [-0.25, -0.2) is 23.5 Å². The lowest BCUT2D eigenvalue weighted by Crippen LogP contribution is -2.21. The van der Waals surface area contributed by atoms with E-state index >= 15 is 0 Å². The molecule has 0 radical (unpaired) electrons. The fourth-order valence-corrected chi connectivity index (χ4v) is 0.702. The monoisotopic (exact) mass is 248 g/mol. The highest BCUT2D eigenvalue weighted by Gasteiger charge is 2.22. The summed E-state index contributed by atoms with van der Waals surface area (Å²) in [4.78, 5) is 17.3. The molecule has 0 aliphatic rings. The van der Waals surface area contributed by atoms with Gasteiger partial charge in [-0.05, 0) is 0 Å². The summed E-state index contributed by atoms with van der Waals surface area (Å²) in [5, 5.41) is 8.47. The number of alkyl halides is 2. The van der Waals surface area contributed by atoms with Crippen molar-refractivity contribution < 1.29 is 23.4 Å². The number of aromatic nitrogens is 2. The Morgan fingerprint density at radius 1 is 1.41 bits per heavy atom. The molecule has 0 saturated heterocycles. The zero-order valence-corrected chi connectivity index (χ0v) is 9.78. The largest absolute Gasteiger partial charge is 0.476 e. The normalized spacial score (nSPS) is 10.2. The molecule has 1 heterocycles. The maximum absolute atomic E-state index is 12.3. The smallest absolute Gasteiger partial charge is 0.356 e. The molecule has 0 amide bonds. The number of hydrogen-bond acceptors (Lipinski definition) is 4. The summed E-state index contributed by atoms with van der Waals surface area (Å²) < 4.78 is 29.3. The lowest BCUT2D eigenvalue weighted by Gasteiger charge is -2.10. The lowest BCUT2D eigenvalue weighted by atomic mass is 10.4. The topological polar surface area (TPSA) is 72.3 Å². The zero-order valence-electron chi connectivity index (χ0n) is 9.78. The standard InChI is InChI=1S/C8H8F2N2O3.C2H6/c1-8(9,10)4-15-6-3-11-5(2-12-6)7(13)14;1-2/h2-3H,4H2,1H3,(H,13,14);1-2H3. The Balaban J connectivity index is 0.00000121. The summed E-state index contributed by atoms with van der Waals surface area (Å²) in [7, 11) is 0. The van der Waals surface area contributed by atoms with E-state index in [4.69, 9.17) is 5.11 Å². The first kappa shape index (κ1) is 15.2. The Morgan fingerprint density at radius 3 is 2.35 bits per heavy atom. The molecule has 0 spiro atoms. The van der Waals surface area contributed by atoms with E-state index in [1.54, 1.807) is 0 Å². The third-order valence-corrected chi connectivity index (χ3v) is 1.32. The average Bonchev–Trinajstić information content (AvgIpc) is 2.29. The number of ether oxygens (including phenoxy) is 1. The molecule has 1 aromatic rings. The van der Waals surface area contributed by atoms with Gasteiger partial charge < -0.3 is 9.84 Å². The Morgan fingerprint density at radius 2 is 2.00 bits per heavy atom. The van der Waals surface area contributed by atoms with Gasteiger partial charge in [-0.15, -0.1) is 0 Å². The van der Waals surface area contributed by atoms with Gasteiger partial charge in [-0.2, -0.15) is 0 Å². The molecular formula is C10H14F2N2O3. The Labute approximate surface area is 97.5 Å². The van der Waals surface area contributed by atoms with Crippen LogP contribution in [-0.2, 0) is 0 Å². The fraction of sp³-hybridized carbons (Fsp3) is 0.500. The lowest BCUT2D eigenvalue weighted by molar-refractivity contribution is -0.0243. The predicted molar refractivity (Wildman–Crippen MR) is 56.5 cm³/mol. The summed E-state index contributed by atoms with van der Waals surface area (Å²) >= 11 is 0. The highest BCUT2D eigenvalue weighted by Crippen LogP contribution is 2.13. The molecule has 1 rings (SSSR count). The number of nitrogens with zero attached hydrogens (tertiary/aromatic N) is 2. The van der Waals surface area contributed by atoms with E-state index in [2.05, 4.69) is 14.7 Å². The number of carboxylic acids is 1. The van der Waals surface area contributed by atoms with Gasteiger partial charge in [0.1, 0.15) is 0 Å². The van der Waals surface area contributed by atoms with E-state index in [0.29, 0.717) is 6.92 Å². The van der Waals surface area contributed by atoms with Crippen LogP contribution in [0.15, 0.2) is 12.4 Å². The molecule has 0 aliphatic carbocycles. The number of aromatic carboxylic acids is 1. The number of hydrogen-bond donors (Lipinski definition) is 1. The number of carboxylic acid groups (broad SMARTS) is 1. The van der Waals surface area contributed by atoms with Crippen molar-refractivity contribution >= 4 is 5.97 Å². The van der Waals surface area contributed by atoms with Crippen LogP contribution in [0.5, 0.6) is 5.88 Å². The Hall–Kier alpha value is -1.79. The molecule has 96 valence electrons. The van der Waals surface area contributed by atoms with Crippen molar-refractivity contribution in [2.24, 2.45) is 0 Å². The highest BCUT2D eigenvalue weighted by atomic mass is 19.3. The van der Waals surface area contributed by atoms with Crippen molar-refractivity contribution in [3.8, 4) is 5.88 Å². The maximum atomic E-state index is 12.3. The maximum Gasteiger partial charge on any atom is 0.356 e. The molecule has 1 N–H and O–H groups in total. The van der Waals surface area contributed by atoms with Crippen molar-refractivity contribution in [1.29, 1.82) is 0 Å². The first-order valence-electron chi connectivity index (χ1n) is 4.94. The summed E-state index contributed by atoms with van der Waals surface area (Å²) in [5.41, 5.74) is -0.273. The van der Waals surface area contributed by atoms with Crippen LogP contribution in [0.25, 0.3) is 0 Å². The van der Waals surface area contributed by atoms with Crippen LogP contribution in [-0.4, -0.2) is 33.6 Å². The minimum Gasteiger partial charge on any atom is -0.476 e. The SMILES string of the molecule is CC.CC(F)(F)COc1cnc(C(=O)O)cn1. The summed E-state index contributed by atoms with van der Waals surface area (Å²) in [6.45, 7) is 3.88. The Bertz CT molecular complexity index is 350. The first-order valence-corrected chi connectivity index (χ1v) is 4.94. The van der Waals surface area contributed by atoms with Crippen LogP contribution >= 0.6 is 0 Å². The van der Waals surface area contributed by atoms with Gasteiger partial charge in [-0.3, -0.25) is 0 Å². The number of carbonyl (C=O) groups is 1. The van der Waals surface area contributed by atoms with Crippen LogP contribution in [0.3, 0.4) is 0 Å². The second kappa shape index (κ2) is 6.72. The van der Waals surface area contributed by atoms with Crippen LogP contribution in [0.1, 0.15) is 31.3 Å². The number of halogens is 2. The van der Waals surface area contributed by atoms with E-state index in [0.717, 1.165) is 12.4 Å². The summed E-state index contributed by atoms with van der Waals surface area (Å²) in [6, 6.07) is 0. The number of rotatable bonds is 4. The van der Waals surface area contributed by atoms with Crippen LogP contribution in [0.2, 0.25) is 0 Å². The minimum atomic E-state index is -2.97. The molecule has 0 unspecified atom stereocenters. The molecule has 0 atom stereocenters. The molecule has 0 saturated carbocycles. The molecule has 0 fully saturated rings.